The number of amides is 1. The van der Waals surface area contributed by atoms with E-state index < -0.39 is 11.7 Å². The van der Waals surface area contributed by atoms with E-state index in [1.165, 1.54) is 18.3 Å². The van der Waals surface area contributed by atoms with E-state index in [2.05, 4.69) is 10.4 Å². The van der Waals surface area contributed by atoms with Gasteiger partial charge in [0.05, 0.1) is 34.9 Å². The molecule has 4 heterocycles. The summed E-state index contributed by atoms with van der Waals surface area (Å²) in [4.78, 5) is 25.7. The molecule has 10 heteroatoms. The molecule has 1 amide bonds. The molecule has 6 rings (SSSR count). The van der Waals surface area contributed by atoms with Gasteiger partial charge in [-0.25, -0.2) is 4.39 Å². The lowest BCUT2D eigenvalue weighted by atomic mass is 10.0. The maximum Gasteiger partial charge on any atom is 0.257 e. The highest BCUT2D eigenvalue weighted by Crippen LogP contribution is 2.35. The maximum absolute atomic E-state index is 15.8. The number of aliphatic hydroxyl groups is 1. The van der Waals surface area contributed by atoms with Crippen molar-refractivity contribution in [2.24, 2.45) is 13.0 Å². The number of nitrogens with one attached hydrogen (secondary N) is 1. The topological polar surface area (TPSA) is 107 Å². The van der Waals surface area contributed by atoms with E-state index in [4.69, 9.17) is 9.47 Å². The highest BCUT2D eigenvalue weighted by molar-refractivity contribution is 6.09. The SMILES string of the molecule is Cn1cc(-c2cc(COC3CCCCO3)cc(NC(=O)c3c/c(=C(/O)C4CC4)n4ccc(=O)cc34)c2F)cn1. The van der Waals surface area contributed by atoms with E-state index >= 15 is 4.39 Å². The number of fused-ring (bicyclic) bond motifs is 1. The zero-order valence-electron chi connectivity index (χ0n) is 21.5. The van der Waals surface area contributed by atoms with E-state index in [-0.39, 0.29) is 46.8 Å². The third kappa shape index (κ3) is 5.17. The van der Waals surface area contributed by atoms with Crippen molar-refractivity contribution in [1.82, 2.24) is 14.2 Å². The van der Waals surface area contributed by atoms with Crippen molar-refractivity contribution in [1.29, 1.82) is 0 Å². The molecule has 1 aliphatic heterocycles. The van der Waals surface area contributed by atoms with Gasteiger partial charge < -0.3 is 24.3 Å². The van der Waals surface area contributed by atoms with Crippen molar-refractivity contribution >= 4 is 22.9 Å². The second kappa shape index (κ2) is 10.3. The van der Waals surface area contributed by atoms with Gasteiger partial charge in [-0.05, 0) is 55.9 Å². The summed E-state index contributed by atoms with van der Waals surface area (Å²) in [5.74, 6) is -1.00. The summed E-state index contributed by atoms with van der Waals surface area (Å²) >= 11 is 0. The molecule has 1 aromatic carbocycles. The predicted molar refractivity (Wildman–Crippen MR) is 143 cm³/mol. The molecular weight excluding hydrogens is 503 g/mol. The molecule has 1 unspecified atom stereocenters. The minimum absolute atomic E-state index is 0.0286. The van der Waals surface area contributed by atoms with Crippen molar-refractivity contribution < 1.29 is 23.8 Å². The summed E-state index contributed by atoms with van der Waals surface area (Å²) in [6.45, 7) is 0.812. The fourth-order valence-electron chi connectivity index (χ4n) is 4.97. The number of benzene rings is 1. The van der Waals surface area contributed by atoms with Crippen molar-refractivity contribution in [3.05, 3.63) is 81.4 Å². The van der Waals surface area contributed by atoms with Gasteiger partial charge in [0.1, 0.15) is 5.76 Å². The Morgan fingerprint density at radius 1 is 1.23 bits per heavy atom. The molecule has 0 spiro atoms. The molecule has 2 aliphatic rings. The lowest BCUT2D eigenvalue weighted by molar-refractivity contribution is -0.168. The van der Waals surface area contributed by atoms with Crippen LogP contribution in [0.25, 0.3) is 22.4 Å². The summed E-state index contributed by atoms with van der Waals surface area (Å²) in [7, 11) is 1.74. The fraction of sp³-hybridized carbons (Fsp3) is 0.345. The van der Waals surface area contributed by atoms with Gasteiger partial charge in [-0.2, -0.15) is 5.10 Å². The number of hydrogen-bond acceptors (Lipinski definition) is 6. The van der Waals surface area contributed by atoms with Gasteiger partial charge in [-0.15, -0.1) is 0 Å². The van der Waals surface area contributed by atoms with Crippen LogP contribution in [-0.2, 0) is 23.1 Å². The van der Waals surface area contributed by atoms with Gasteiger partial charge in [0.2, 0.25) is 0 Å². The summed E-state index contributed by atoms with van der Waals surface area (Å²) in [6.07, 6.45) is 8.99. The Hall–Kier alpha value is -4.02. The predicted octanol–water partition coefficient (Wildman–Crippen LogP) is 3.93. The molecule has 39 heavy (non-hydrogen) atoms. The molecule has 202 valence electrons. The number of carbonyl (C=O) groups is 1. The molecular formula is C29H29FN4O5. The first kappa shape index (κ1) is 25.3. The quantitative estimate of drug-likeness (QED) is 0.374. The van der Waals surface area contributed by atoms with Crippen molar-refractivity contribution in [2.45, 2.75) is 45.0 Å². The number of carbonyl (C=O) groups excluding carboxylic acids is 1. The number of aryl methyl sites for hydroxylation is 1. The minimum Gasteiger partial charge on any atom is -0.510 e. The number of pyridine rings is 1. The number of ether oxygens (including phenoxy) is 2. The fourth-order valence-corrected chi connectivity index (χ4v) is 4.97. The number of aliphatic hydroxyl groups excluding tert-OH is 1. The number of rotatable bonds is 7. The molecule has 0 bridgehead atoms. The average Bonchev–Trinajstić information content (AvgIpc) is 3.59. The van der Waals surface area contributed by atoms with Crippen molar-refractivity contribution in [3.63, 3.8) is 0 Å². The van der Waals surface area contributed by atoms with Crippen LogP contribution in [0, 0.1) is 11.7 Å². The zero-order chi connectivity index (χ0) is 27.1. The number of nitrogens with zero attached hydrogens (tertiary/aromatic N) is 3. The summed E-state index contributed by atoms with van der Waals surface area (Å²) in [5, 5.41) is 18.0. The molecule has 1 saturated heterocycles. The Morgan fingerprint density at radius 3 is 2.79 bits per heavy atom. The molecule has 2 N–H and O–H groups in total. The number of aromatic nitrogens is 3. The molecule has 2 fully saturated rings. The standard InChI is InChI=1S/C29H29FN4O5/c1-33-15-19(14-31-33)21-10-17(16-39-26-4-2-3-9-38-26)11-23(27(21)30)32-29(37)22-13-25(28(36)18-5-6-18)34-8-7-20(35)12-24(22)34/h7-8,10-15,18,26,36H,2-6,9,16H2,1H3,(H,32,37)/b28-25-. The molecule has 1 saturated carbocycles. The monoisotopic (exact) mass is 532 g/mol. The highest BCUT2D eigenvalue weighted by atomic mass is 19.1. The highest BCUT2D eigenvalue weighted by Gasteiger charge is 2.28. The van der Waals surface area contributed by atoms with Gasteiger partial charge in [-0.1, -0.05) is 0 Å². The largest absolute Gasteiger partial charge is 0.510 e. The van der Waals surface area contributed by atoms with Gasteiger partial charge in [0, 0.05) is 55.2 Å². The Morgan fingerprint density at radius 2 is 2.08 bits per heavy atom. The van der Waals surface area contributed by atoms with Crippen LogP contribution in [-0.4, -0.2) is 38.1 Å². The smallest absolute Gasteiger partial charge is 0.257 e. The first-order chi connectivity index (χ1) is 18.9. The normalized spacial score (nSPS) is 18.4. The Bertz CT molecular complexity index is 1670. The second-order valence-electron chi connectivity index (χ2n) is 10.2. The third-order valence-corrected chi connectivity index (χ3v) is 7.18. The molecule has 9 nitrogen and oxygen atoms in total. The van der Waals surface area contributed by atoms with Gasteiger partial charge in [0.15, 0.2) is 17.5 Å². The lowest BCUT2D eigenvalue weighted by Gasteiger charge is -2.23. The number of anilines is 1. The van der Waals surface area contributed by atoms with Crippen molar-refractivity contribution in [2.75, 3.05) is 11.9 Å². The summed E-state index contributed by atoms with van der Waals surface area (Å²) < 4.78 is 30.6. The van der Waals surface area contributed by atoms with E-state index in [0.717, 1.165) is 32.1 Å². The number of halogens is 1. The second-order valence-corrected chi connectivity index (χ2v) is 10.2. The zero-order valence-corrected chi connectivity index (χ0v) is 21.5. The summed E-state index contributed by atoms with van der Waals surface area (Å²) in [5.41, 5.74) is 1.67. The van der Waals surface area contributed by atoms with Crippen LogP contribution in [0.5, 0.6) is 0 Å². The van der Waals surface area contributed by atoms with E-state index in [1.54, 1.807) is 46.7 Å². The van der Waals surface area contributed by atoms with E-state index in [9.17, 15) is 14.7 Å². The Balaban J connectivity index is 1.37. The van der Waals surface area contributed by atoms with Crippen LogP contribution in [0.15, 0.2) is 53.7 Å². The lowest BCUT2D eigenvalue weighted by Crippen LogP contribution is -2.22. The van der Waals surface area contributed by atoms with E-state index in [0.29, 0.717) is 28.6 Å². The molecule has 1 atom stereocenters. The van der Waals surface area contributed by atoms with Crippen LogP contribution in [0.3, 0.4) is 0 Å². The third-order valence-electron chi connectivity index (χ3n) is 7.18. The Labute approximate surface area is 223 Å². The number of hydrogen-bond donors (Lipinski definition) is 2. The van der Waals surface area contributed by atoms with Gasteiger partial charge in [0.25, 0.3) is 5.91 Å². The maximum atomic E-state index is 15.8. The Kier molecular flexibility index (Phi) is 6.66. The molecule has 4 aromatic rings. The van der Waals surface area contributed by atoms with Crippen LogP contribution >= 0.6 is 0 Å². The first-order valence-corrected chi connectivity index (χ1v) is 13.1. The van der Waals surface area contributed by atoms with E-state index in [1.807, 2.05) is 0 Å². The van der Waals surface area contributed by atoms with Crippen LogP contribution in [0.4, 0.5) is 10.1 Å². The molecule has 3 aromatic heterocycles. The average molecular weight is 533 g/mol. The summed E-state index contributed by atoms with van der Waals surface area (Å²) in [6, 6.07) is 7.48. The van der Waals surface area contributed by atoms with Crippen LogP contribution in [0.1, 0.15) is 48.0 Å². The van der Waals surface area contributed by atoms with Gasteiger partial charge >= 0.3 is 0 Å². The molecule has 0 radical (unpaired) electrons. The molecule has 1 aliphatic carbocycles. The van der Waals surface area contributed by atoms with Crippen molar-refractivity contribution in [3.8, 4) is 11.1 Å². The van der Waals surface area contributed by atoms with Crippen LogP contribution in [0.2, 0.25) is 0 Å². The first-order valence-electron chi connectivity index (χ1n) is 13.1. The van der Waals surface area contributed by atoms with Crippen LogP contribution < -0.4 is 16.1 Å². The minimum atomic E-state index is -0.616. The van der Waals surface area contributed by atoms with Gasteiger partial charge in [-0.3, -0.25) is 14.3 Å².